The van der Waals surface area contributed by atoms with Crippen LogP contribution in [0.4, 0.5) is 0 Å². The van der Waals surface area contributed by atoms with Crippen molar-refractivity contribution in [3.63, 3.8) is 0 Å². The van der Waals surface area contributed by atoms with Gasteiger partial charge in [0.25, 0.3) is 5.91 Å². The Balaban J connectivity index is 2.39. The van der Waals surface area contributed by atoms with Gasteiger partial charge in [0.2, 0.25) is 0 Å². The van der Waals surface area contributed by atoms with Crippen molar-refractivity contribution in [2.45, 2.75) is 25.7 Å². The quantitative estimate of drug-likeness (QED) is 0.814. The molecule has 0 spiro atoms. The normalized spacial score (nSPS) is 22.3. The van der Waals surface area contributed by atoms with E-state index in [0.717, 1.165) is 0 Å². The lowest BCUT2D eigenvalue weighted by Crippen LogP contribution is -2.32. The Morgan fingerprint density at radius 1 is 1.47 bits per heavy atom. The summed E-state index contributed by atoms with van der Waals surface area (Å²) >= 11 is 0. The van der Waals surface area contributed by atoms with Crippen LogP contribution in [0.3, 0.4) is 0 Å². The molecule has 0 aromatic heterocycles. The van der Waals surface area contributed by atoms with Crippen LogP contribution in [-0.4, -0.2) is 23.7 Å². The number of aromatic hydroxyl groups is 1. The number of carbonyl (C=O) groups is 1. The van der Waals surface area contributed by atoms with Gasteiger partial charge in [-0.1, -0.05) is 6.07 Å². The van der Waals surface area contributed by atoms with Crippen molar-refractivity contribution in [3.8, 4) is 11.5 Å². The molecular formula is C12H15NO4. The van der Waals surface area contributed by atoms with Gasteiger partial charge in [0.1, 0.15) is 17.1 Å². The highest BCUT2D eigenvalue weighted by atomic mass is 16.5. The third-order valence-corrected chi connectivity index (χ3v) is 2.75. The fraction of sp³-hybridized carbons (Fsp3) is 0.417. The third kappa shape index (κ3) is 1.93. The van der Waals surface area contributed by atoms with Gasteiger partial charge < -0.3 is 19.9 Å². The van der Waals surface area contributed by atoms with Gasteiger partial charge in [-0.15, -0.1) is 0 Å². The van der Waals surface area contributed by atoms with Gasteiger partial charge in [-0.2, -0.15) is 0 Å². The van der Waals surface area contributed by atoms with E-state index in [1.165, 1.54) is 13.2 Å². The van der Waals surface area contributed by atoms with E-state index in [9.17, 15) is 9.90 Å². The van der Waals surface area contributed by atoms with Gasteiger partial charge in [-0.05, 0) is 26.0 Å². The Morgan fingerprint density at radius 2 is 2.18 bits per heavy atom. The molecule has 2 N–H and O–H groups in total. The number of amides is 1. The van der Waals surface area contributed by atoms with Gasteiger partial charge >= 0.3 is 0 Å². The number of phenolic OH excluding ortho intramolecular Hbond substituents is 1. The Kier molecular flexibility index (Phi) is 2.71. The standard InChI is InChI=1S/C12H15NO4/c1-12(2)11(15)13-10(17-12)9-7(14)5-4-6-8(9)16-3/h4-6,10,14H,1-3H3,(H,13,15). The molecule has 1 heterocycles. The van der Waals surface area contributed by atoms with E-state index in [-0.39, 0.29) is 11.7 Å². The lowest BCUT2D eigenvalue weighted by molar-refractivity contribution is -0.130. The second-order valence-electron chi connectivity index (χ2n) is 4.37. The molecule has 0 saturated carbocycles. The summed E-state index contributed by atoms with van der Waals surface area (Å²) in [4.78, 5) is 11.6. The van der Waals surface area contributed by atoms with E-state index in [1.54, 1.807) is 26.0 Å². The summed E-state index contributed by atoms with van der Waals surface area (Å²) in [7, 11) is 1.50. The first-order valence-electron chi connectivity index (χ1n) is 5.30. The largest absolute Gasteiger partial charge is 0.507 e. The van der Waals surface area contributed by atoms with E-state index in [2.05, 4.69) is 5.32 Å². The number of carbonyl (C=O) groups excluding carboxylic acids is 1. The van der Waals surface area contributed by atoms with Gasteiger partial charge in [-0.25, -0.2) is 0 Å². The molecule has 0 bridgehead atoms. The predicted octanol–water partition coefficient (Wildman–Crippen LogP) is 1.32. The maximum atomic E-state index is 11.6. The molecule has 0 radical (unpaired) electrons. The van der Waals surface area contributed by atoms with Crippen molar-refractivity contribution < 1.29 is 19.4 Å². The van der Waals surface area contributed by atoms with Crippen LogP contribution in [-0.2, 0) is 9.53 Å². The van der Waals surface area contributed by atoms with Crippen LogP contribution >= 0.6 is 0 Å². The first kappa shape index (κ1) is 11.7. The Labute approximate surface area is 99.3 Å². The zero-order valence-electron chi connectivity index (χ0n) is 9.98. The molecule has 0 aliphatic carbocycles. The molecule has 1 unspecified atom stereocenters. The molecule has 1 aliphatic heterocycles. The Morgan fingerprint density at radius 3 is 2.71 bits per heavy atom. The van der Waals surface area contributed by atoms with Crippen molar-refractivity contribution in [1.29, 1.82) is 0 Å². The van der Waals surface area contributed by atoms with Crippen LogP contribution in [0, 0.1) is 0 Å². The molecule has 1 amide bonds. The first-order chi connectivity index (χ1) is 7.95. The summed E-state index contributed by atoms with van der Waals surface area (Å²) < 4.78 is 10.7. The molecule has 5 nitrogen and oxygen atoms in total. The van der Waals surface area contributed by atoms with Crippen LogP contribution in [0.1, 0.15) is 25.6 Å². The Hall–Kier alpha value is -1.75. The summed E-state index contributed by atoms with van der Waals surface area (Å²) in [6.07, 6.45) is -0.686. The number of rotatable bonds is 2. The Bertz CT molecular complexity index is 456. The van der Waals surface area contributed by atoms with E-state index in [4.69, 9.17) is 9.47 Å². The van der Waals surface area contributed by atoms with Crippen molar-refractivity contribution in [2.24, 2.45) is 0 Å². The fourth-order valence-electron chi connectivity index (χ4n) is 1.78. The summed E-state index contributed by atoms with van der Waals surface area (Å²) in [6.45, 7) is 3.35. The van der Waals surface area contributed by atoms with E-state index in [0.29, 0.717) is 11.3 Å². The summed E-state index contributed by atoms with van der Waals surface area (Å²) in [5.74, 6) is 0.299. The number of phenols is 1. The van der Waals surface area contributed by atoms with Crippen molar-refractivity contribution >= 4 is 5.91 Å². The highest BCUT2D eigenvalue weighted by Gasteiger charge is 2.42. The molecule has 1 aliphatic rings. The zero-order valence-corrected chi connectivity index (χ0v) is 9.98. The van der Waals surface area contributed by atoms with Crippen LogP contribution in [0.15, 0.2) is 18.2 Å². The highest BCUT2D eigenvalue weighted by Crippen LogP contribution is 2.38. The minimum Gasteiger partial charge on any atom is -0.507 e. The lowest BCUT2D eigenvalue weighted by Gasteiger charge is -2.18. The predicted molar refractivity (Wildman–Crippen MR) is 60.7 cm³/mol. The highest BCUT2D eigenvalue weighted by molar-refractivity contribution is 5.86. The zero-order chi connectivity index (χ0) is 12.6. The second-order valence-corrected chi connectivity index (χ2v) is 4.37. The van der Waals surface area contributed by atoms with E-state index >= 15 is 0 Å². The van der Waals surface area contributed by atoms with Gasteiger partial charge in [0.05, 0.1) is 12.7 Å². The molecule has 5 heteroatoms. The average Bonchev–Trinajstić information content (AvgIpc) is 2.52. The van der Waals surface area contributed by atoms with Crippen LogP contribution < -0.4 is 10.1 Å². The maximum Gasteiger partial charge on any atom is 0.254 e. The van der Waals surface area contributed by atoms with E-state index < -0.39 is 11.8 Å². The SMILES string of the molecule is COc1cccc(O)c1C1NC(=O)C(C)(C)O1. The molecule has 1 aromatic carbocycles. The molecule has 1 atom stereocenters. The maximum absolute atomic E-state index is 11.6. The first-order valence-corrected chi connectivity index (χ1v) is 5.30. The van der Waals surface area contributed by atoms with Crippen molar-refractivity contribution in [3.05, 3.63) is 23.8 Å². The monoisotopic (exact) mass is 237 g/mol. The number of ether oxygens (including phenoxy) is 2. The average molecular weight is 237 g/mol. The molecule has 1 aromatic rings. The summed E-state index contributed by atoms with van der Waals surface area (Å²) in [6, 6.07) is 4.90. The second kappa shape index (κ2) is 3.92. The number of hydrogen-bond acceptors (Lipinski definition) is 4. The fourth-order valence-corrected chi connectivity index (χ4v) is 1.78. The number of benzene rings is 1. The summed E-state index contributed by atoms with van der Waals surface area (Å²) in [5.41, 5.74) is -0.466. The van der Waals surface area contributed by atoms with Crippen LogP contribution in [0.2, 0.25) is 0 Å². The minimum absolute atomic E-state index is 0.0346. The number of hydrogen-bond donors (Lipinski definition) is 2. The smallest absolute Gasteiger partial charge is 0.254 e. The van der Waals surface area contributed by atoms with Crippen molar-refractivity contribution in [1.82, 2.24) is 5.32 Å². The third-order valence-electron chi connectivity index (χ3n) is 2.75. The topological polar surface area (TPSA) is 67.8 Å². The van der Waals surface area contributed by atoms with E-state index in [1.807, 2.05) is 0 Å². The van der Waals surface area contributed by atoms with Gasteiger partial charge in [0, 0.05) is 0 Å². The van der Waals surface area contributed by atoms with Crippen LogP contribution in [0.5, 0.6) is 11.5 Å². The van der Waals surface area contributed by atoms with Gasteiger partial charge in [0.15, 0.2) is 6.23 Å². The lowest BCUT2D eigenvalue weighted by atomic mass is 10.1. The summed E-state index contributed by atoms with van der Waals surface area (Å²) in [5, 5.41) is 12.5. The molecule has 1 fully saturated rings. The van der Waals surface area contributed by atoms with Gasteiger partial charge in [-0.3, -0.25) is 4.79 Å². The minimum atomic E-state index is -0.905. The molecule has 2 rings (SSSR count). The van der Waals surface area contributed by atoms with Crippen LogP contribution in [0.25, 0.3) is 0 Å². The molecule has 17 heavy (non-hydrogen) atoms. The molecule has 1 saturated heterocycles. The number of nitrogens with one attached hydrogen (secondary N) is 1. The molecular weight excluding hydrogens is 222 g/mol. The molecule has 92 valence electrons. The number of methoxy groups -OCH3 is 1. The van der Waals surface area contributed by atoms with Crippen molar-refractivity contribution in [2.75, 3.05) is 7.11 Å².